The van der Waals surface area contributed by atoms with Gasteiger partial charge in [-0.3, -0.25) is 0 Å². The Morgan fingerprint density at radius 1 is 1.05 bits per heavy atom. The maximum absolute atomic E-state index is 5.46. The van der Waals surface area contributed by atoms with Crippen LogP contribution in [-0.2, 0) is 12.2 Å². The van der Waals surface area contributed by atoms with E-state index in [0.29, 0.717) is 0 Å². The first-order valence-electron chi connectivity index (χ1n) is 7.08. The normalized spacial score (nSPS) is 10.8. The molecular formula is C15H21N3OS. The highest BCUT2D eigenvalue weighted by Gasteiger charge is 2.06. The molecule has 0 aliphatic heterocycles. The molecule has 108 valence electrons. The number of hydrogen-bond donors (Lipinski definition) is 1. The third kappa shape index (κ3) is 5.35. The maximum atomic E-state index is 5.46. The molecule has 4 nitrogen and oxygen atoms in total. The van der Waals surface area contributed by atoms with Crippen molar-refractivity contribution in [2.45, 2.75) is 42.8 Å². The topological polar surface area (TPSA) is 64.9 Å². The number of nitrogens with zero attached hydrogens (tertiary/aromatic N) is 2. The van der Waals surface area contributed by atoms with Crippen molar-refractivity contribution in [2.75, 3.05) is 6.54 Å². The Labute approximate surface area is 124 Å². The Morgan fingerprint density at radius 2 is 1.85 bits per heavy atom. The third-order valence-corrected chi connectivity index (χ3v) is 3.97. The van der Waals surface area contributed by atoms with Gasteiger partial charge in [-0.25, -0.2) is 0 Å². The van der Waals surface area contributed by atoms with Crippen molar-refractivity contribution >= 4 is 11.8 Å². The fraction of sp³-hybridized carbons (Fsp3) is 0.467. The number of nitrogens with two attached hydrogens (primary N) is 1. The zero-order chi connectivity index (χ0) is 14.0. The van der Waals surface area contributed by atoms with Gasteiger partial charge in [0.2, 0.25) is 5.89 Å². The van der Waals surface area contributed by atoms with Gasteiger partial charge in [0, 0.05) is 11.3 Å². The first kappa shape index (κ1) is 15.1. The molecule has 20 heavy (non-hydrogen) atoms. The lowest BCUT2D eigenvalue weighted by atomic mass is 10.1. The average molecular weight is 291 g/mol. The van der Waals surface area contributed by atoms with E-state index in [0.717, 1.165) is 43.3 Å². The van der Waals surface area contributed by atoms with Gasteiger partial charge in [0.25, 0.3) is 0 Å². The molecule has 0 radical (unpaired) electrons. The van der Waals surface area contributed by atoms with Crippen LogP contribution in [0.5, 0.6) is 0 Å². The molecule has 2 N–H and O–H groups in total. The van der Waals surface area contributed by atoms with E-state index in [1.165, 1.54) is 17.7 Å². The van der Waals surface area contributed by atoms with Crippen molar-refractivity contribution < 1.29 is 4.52 Å². The molecule has 1 aromatic carbocycles. The van der Waals surface area contributed by atoms with Crippen LogP contribution >= 0.6 is 11.8 Å². The molecule has 0 aliphatic carbocycles. The molecule has 0 unspecified atom stereocenters. The summed E-state index contributed by atoms with van der Waals surface area (Å²) in [7, 11) is 0. The van der Waals surface area contributed by atoms with E-state index < -0.39 is 0 Å². The predicted molar refractivity (Wildman–Crippen MR) is 81.5 cm³/mol. The number of thioether (sulfide) groups is 1. The fourth-order valence-corrected chi connectivity index (χ4v) is 2.65. The summed E-state index contributed by atoms with van der Waals surface area (Å²) >= 11 is 1.72. The third-order valence-electron chi connectivity index (χ3n) is 2.97. The average Bonchev–Trinajstić information content (AvgIpc) is 2.94. The molecule has 0 atom stereocenters. The van der Waals surface area contributed by atoms with Crippen LogP contribution in [0.3, 0.4) is 0 Å². The van der Waals surface area contributed by atoms with Crippen molar-refractivity contribution in [1.82, 2.24) is 10.1 Å². The van der Waals surface area contributed by atoms with E-state index in [1.54, 1.807) is 11.8 Å². The van der Waals surface area contributed by atoms with Crippen LogP contribution in [0.2, 0.25) is 0 Å². The molecule has 5 heteroatoms. The van der Waals surface area contributed by atoms with Crippen molar-refractivity contribution in [2.24, 2.45) is 5.73 Å². The number of aromatic nitrogens is 2. The molecule has 0 bridgehead atoms. The maximum Gasteiger partial charge on any atom is 0.226 e. The van der Waals surface area contributed by atoms with Gasteiger partial charge < -0.3 is 10.3 Å². The van der Waals surface area contributed by atoms with Crippen molar-refractivity contribution in [3.63, 3.8) is 0 Å². The minimum absolute atomic E-state index is 0.751. The minimum atomic E-state index is 0.751. The number of rotatable bonds is 9. The summed E-state index contributed by atoms with van der Waals surface area (Å²) in [4.78, 5) is 5.64. The predicted octanol–water partition coefficient (Wildman–Crippen LogP) is 3.42. The number of aryl methyl sites for hydroxylation is 1. The van der Waals surface area contributed by atoms with E-state index in [9.17, 15) is 0 Å². The van der Waals surface area contributed by atoms with Crippen LogP contribution in [0.1, 0.15) is 37.4 Å². The molecule has 0 saturated carbocycles. The molecule has 0 amide bonds. The first-order valence-corrected chi connectivity index (χ1v) is 8.06. The van der Waals surface area contributed by atoms with Gasteiger partial charge in [-0.2, -0.15) is 4.98 Å². The zero-order valence-electron chi connectivity index (χ0n) is 11.6. The fourth-order valence-electron chi connectivity index (χ4n) is 1.89. The van der Waals surface area contributed by atoms with Crippen LogP contribution in [0.25, 0.3) is 0 Å². The van der Waals surface area contributed by atoms with Crippen LogP contribution in [-0.4, -0.2) is 16.7 Å². The van der Waals surface area contributed by atoms with Crippen LogP contribution in [0.4, 0.5) is 0 Å². The van der Waals surface area contributed by atoms with E-state index >= 15 is 0 Å². The SMILES string of the molecule is NCCCCCCc1nc(CSc2ccccc2)no1. The molecule has 1 aromatic heterocycles. The van der Waals surface area contributed by atoms with Crippen molar-refractivity contribution in [3.8, 4) is 0 Å². The molecular weight excluding hydrogens is 270 g/mol. The van der Waals surface area contributed by atoms with E-state index in [2.05, 4.69) is 22.3 Å². The number of hydrogen-bond acceptors (Lipinski definition) is 5. The second kappa shape index (κ2) is 8.76. The second-order valence-electron chi connectivity index (χ2n) is 4.66. The van der Waals surface area contributed by atoms with Gasteiger partial charge >= 0.3 is 0 Å². The molecule has 0 aliphatic rings. The zero-order valence-corrected chi connectivity index (χ0v) is 12.4. The second-order valence-corrected chi connectivity index (χ2v) is 5.71. The summed E-state index contributed by atoms with van der Waals surface area (Å²) in [5.41, 5.74) is 5.46. The summed E-state index contributed by atoms with van der Waals surface area (Å²) in [5.74, 6) is 2.28. The highest BCUT2D eigenvalue weighted by Crippen LogP contribution is 2.21. The van der Waals surface area contributed by atoms with Crippen molar-refractivity contribution in [1.29, 1.82) is 0 Å². The van der Waals surface area contributed by atoms with Gasteiger partial charge in [-0.05, 0) is 31.5 Å². The lowest BCUT2D eigenvalue weighted by molar-refractivity contribution is 0.370. The molecule has 0 fully saturated rings. The smallest absolute Gasteiger partial charge is 0.226 e. The quantitative estimate of drug-likeness (QED) is 0.566. The molecule has 0 saturated heterocycles. The van der Waals surface area contributed by atoms with Crippen LogP contribution in [0.15, 0.2) is 39.8 Å². The Morgan fingerprint density at radius 3 is 2.65 bits per heavy atom. The van der Waals surface area contributed by atoms with Crippen LogP contribution in [0, 0.1) is 0 Å². The summed E-state index contributed by atoms with van der Waals surface area (Å²) in [6, 6.07) is 10.3. The Bertz CT molecular complexity index is 487. The summed E-state index contributed by atoms with van der Waals surface area (Å²) in [6.45, 7) is 0.779. The lowest BCUT2D eigenvalue weighted by Crippen LogP contribution is -1.97. The van der Waals surface area contributed by atoms with Gasteiger partial charge in [-0.1, -0.05) is 36.2 Å². The Kier molecular flexibility index (Phi) is 6.60. The van der Waals surface area contributed by atoms with Gasteiger partial charge in [0.15, 0.2) is 5.82 Å². The monoisotopic (exact) mass is 291 g/mol. The summed E-state index contributed by atoms with van der Waals surface area (Å²) in [5, 5.41) is 4.02. The minimum Gasteiger partial charge on any atom is -0.339 e. The summed E-state index contributed by atoms with van der Waals surface area (Å²) in [6.07, 6.45) is 5.42. The largest absolute Gasteiger partial charge is 0.339 e. The lowest BCUT2D eigenvalue weighted by Gasteiger charge is -1.97. The number of benzene rings is 1. The van der Waals surface area contributed by atoms with Gasteiger partial charge in [0.05, 0.1) is 5.75 Å². The summed E-state index contributed by atoms with van der Waals surface area (Å²) < 4.78 is 5.26. The van der Waals surface area contributed by atoms with E-state index in [1.807, 2.05) is 18.2 Å². The molecule has 2 aromatic rings. The molecule has 2 rings (SSSR count). The first-order chi connectivity index (χ1) is 9.88. The highest BCUT2D eigenvalue weighted by atomic mass is 32.2. The Balaban J connectivity index is 1.69. The Hall–Kier alpha value is -1.33. The van der Waals surface area contributed by atoms with E-state index in [4.69, 9.17) is 10.3 Å². The van der Waals surface area contributed by atoms with Gasteiger partial charge in [0.1, 0.15) is 0 Å². The molecule has 1 heterocycles. The van der Waals surface area contributed by atoms with E-state index in [-0.39, 0.29) is 0 Å². The van der Waals surface area contributed by atoms with Gasteiger partial charge in [-0.15, -0.1) is 11.8 Å². The number of unbranched alkanes of at least 4 members (excludes halogenated alkanes) is 3. The highest BCUT2D eigenvalue weighted by molar-refractivity contribution is 7.98. The standard InChI is InChI=1S/C15H21N3OS/c16-11-7-2-1-6-10-15-17-14(18-19-15)12-20-13-8-4-3-5-9-13/h3-5,8-9H,1-2,6-7,10-12,16H2. The molecule has 0 spiro atoms. The van der Waals surface area contributed by atoms with Crippen LogP contribution < -0.4 is 5.73 Å². The van der Waals surface area contributed by atoms with Crippen molar-refractivity contribution in [3.05, 3.63) is 42.0 Å².